The van der Waals surface area contributed by atoms with E-state index in [2.05, 4.69) is 32.9 Å². The fraction of sp³-hybridized carbons (Fsp3) is 0.600. The first-order valence-electron chi connectivity index (χ1n) is 7.16. The van der Waals surface area contributed by atoms with Crippen molar-refractivity contribution in [2.45, 2.75) is 50.6 Å². The molecule has 0 amide bonds. The molecule has 1 aliphatic rings. The first-order chi connectivity index (χ1) is 10.1. The van der Waals surface area contributed by atoms with Gasteiger partial charge in [-0.25, -0.2) is 0 Å². The number of halogens is 3. The Morgan fingerprint density at radius 3 is 2.95 bits per heavy atom. The van der Waals surface area contributed by atoms with Crippen molar-refractivity contribution in [2.75, 3.05) is 5.75 Å². The Bertz CT molecular complexity index is 461. The SMILES string of the molecule is CCSC1CCC(NCc2cc(Br)ccc2OC(F)F)C1. The molecule has 0 aliphatic heterocycles. The van der Waals surface area contributed by atoms with E-state index in [1.165, 1.54) is 6.42 Å². The van der Waals surface area contributed by atoms with Crippen molar-refractivity contribution in [1.29, 1.82) is 0 Å². The molecule has 0 spiro atoms. The number of benzene rings is 1. The Kier molecular flexibility index (Phi) is 6.76. The molecule has 0 radical (unpaired) electrons. The van der Waals surface area contributed by atoms with Crippen LogP contribution in [0.2, 0.25) is 0 Å². The molecule has 2 unspecified atom stereocenters. The number of hydrogen-bond donors (Lipinski definition) is 1. The zero-order chi connectivity index (χ0) is 15.2. The van der Waals surface area contributed by atoms with Gasteiger partial charge < -0.3 is 10.1 Å². The van der Waals surface area contributed by atoms with Gasteiger partial charge in [0.1, 0.15) is 5.75 Å². The first kappa shape index (κ1) is 17.0. The minimum atomic E-state index is -2.79. The van der Waals surface area contributed by atoms with Crippen molar-refractivity contribution < 1.29 is 13.5 Å². The van der Waals surface area contributed by atoms with Crippen LogP contribution in [0.15, 0.2) is 22.7 Å². The van der Waals surface area contributed by atoms with Gasteiger partial charge in [-0.15, -0.1) is 0 Å². The summed E-state index contributed by atoms with van der Waals surface area (Å²) in [7, 11) is 0. The van der Waals surface area contributed by atoms with E-state index in [-0.39, 0.29) is 5.75 Å². The molecule has 0 heterocycles. The third kappa shape index (κ3) is 5.42. The van der Waals surface area contributed by atoms with E-state index in [1.807, 2.05) is 17.8 Å². The van der Waals surface area contributed by atoms with Gasteiger partial charge in [-0.2, -0.15) is 20.5 Å². The fourth-order valence-corrected chi connectivity index (χ4v) is 4.22. The second kappa shape index (κ2) is 8.34. The molecule has 1 N–H and O–H groups in total. The molecule has 0 aromatic heterocycles. The Labute approximate surface area is 137 Å². The van der Waals surface area contributed by atoms with E-state index >= 15 is 0 Å². The van der Waals surface area contributed by atoms with Crippen LogP contribution in [0.4, 0.5) is 8.78 Å². The number of rotatable bonds is 7. The van der Waals surface area contributed by atoms with E-state index in [0.29, 0.717) is 12.6 Å². The second-order valence-corrected chi connectivity index (χ2v) is 7.59. The van der Waals surface area contributed by atoms with E-state index in [1.54, 1.807) is 12.1 Å². The van der Waals surface area contributed by atoms with Crippen LogP contribution in [-0.2, 0) is 6.54 Å². The second-order valence-electron chi connectivity index (χ2n) is 5.10. The minimum absolute atomic E-state index is 0.248. The average molecular weight is 380 g/mol. The lowest BCUT2D eigenvalue weighted by Crippen LogP contribution is -2.26. The van der Waals surface area contributed by atoms with Crippen molar-refractivity contribution in [1.82, 2.24) is 5.32 Å². The molecule has 1 aliphatic carbocycles. The molecule has 2 nitrogen and oxygen atoms in total. The van der Waals surface area contributed by atoms with Gasteiger partial charge in [-0.3, -0.25) is 0 Å². The molecular formula is C15H20BrF2NOS. The maximum atomic E-state index is 12.4. The molecule has 6 heteroatoms. The third-order valence-corrected chi connectivity index (χ3v) is 5.33. The minimum Gasteiger partial charge on any atom is -0.434 e. The number of thioether (sulfide) groups is 1. The Morgan fingerprint density at radius 1 is 1.43 bits per heavy atom. The van der Waals surface area contributed by atoms with Crippen LogP contribution in [-0.4, -0.2) is 23.7 Å². The van der Waals surface area contributed by atoms with Crippen molar-refractivity contribution >= 4 is 27.7 Å². The van der Waals surface area contributed by atoms with Crippen LogP contribution in [0, 0.1) is 0 Å². The van der Waals surface area contributed by atoms with Gasteiger partial charge in [0.05, 0.1) is 0 Å². The predicted molar refractivity (Wildman–Crippen MR) is 87.2 cm³/mol. The summed E-state index contributed by atoms with van der Waals surface area (Å²) in [5, 5.41) is 4.20. The molecule has 1 saturated carbocycles. The summed E-state index contributed by atoms with van der Waals surface area (Å²) in [5.41, 5.74) is 0.760. The highest BCUT2D eigenvalue weighted by Crippen LogP contribution is 2.30. The number of hydrogen-bond acceptors (Lipinski definition) is 3. The van der Waals surface area contributed by atoms with Crippen LogP contribution in [0.5, 0.6) is 5.75 Å². The van der Waals surface area contributed by atoms with Crippen molar-refractivity contribution in [3.8, 4) is 5.75 Å². The predicted octanol–water partition coefficient (Wildman–Crippen LogP) is 4.81. The first-order valence-corrected chi connectivity index (χ1v) is 9.01. The Balaban J connectivity index is 1.92. The largest absolute Gasteiger partial charge is 0.434 e. The molecule has 21 heavy (non-hydrogen) atoms. The third-order valence-electron chi connectivity index (χ3n) is 3.61. The van der Waals surface area contributed by atoms with Crippen LogP contribution in [0.1, 0.15) is 31.7 Å². The standard InChI is InChI=1S/C15H20BrF2NOS/c1-2-21-13-5-4-12(8-13)19-9-10-7-11(16)3-6-14(10)20-15(17)18/h3,6-7,12-13,15,19H,2,4-5,8-9H2,1H3. The van der Waals surface area contributed by atoms with Crippen LogP contribution >= 0.6 is 27.7 Å². The lowest BCUT2D eigenvalue weighted by molar-refractivity contribution is -0.0505. The quantitative estimate of drug-likeness (QED) is 0.733. The molecule has 2 rings (SSSR count). The summed E-state index contributed by atoms with van der Waals surface area (Å²) < 4.78 is 30.3. The number of nitrogens with one attached hydrogen (secondary N) is 1. The molecule has 118 valence electrons. The number of alkyl halides is 2. The summed E-state index contributed by atoms with van der Waals surface area (Å²) in [6.07, 6.45) is 3.53. The van der Waals surface area contributed by atoms with Gasteiger partial charge in [0.2, 0.25) is 0 Å². The zero-order valence-electron chi connectivity index (χ0n) is 12.0. The summed E-state index contributed by atoms with van der Waals surface area (Å²) in [4.78, 5) is 0. The lowest BCUT2D eigenvalue weighted by Gasteiger charge is -2.16. The average Bonchev–Trinajstić information content (AvgIpc) is 2.87. The number of ether oxygens (including phenoxy) is 1. The highest BCUT2D eigenvalue weighted by atomic mass is 79.9. The molecular weight excluding hydrogens is 360 g/mol. The Hall–Kier alpha value is -0.330. The molecule has 0 bridgehead atoms. The molecule has 0 saturated heterocycles. The molecule has 2 atom stereocenters. The summed E-state index contributed by atoms with van der Waals surface area (Å²) in [6, 6.07) is 5.59. The van der Waals surface area contributed by atoms with Gasteiger partial charge in [-0.05, 0) is 43.2 Å². The lowest BCUT2D eigenvalue weighted by atomic mass is 10.1. The molecule has 1 fully saturated rings. The maximum Gasteiger partial charge on any atom is 0.387 e. The van der Waals surface area contributed by atoms with E-state index in [0.717, 1.165) is 33.9 Å². The van der Waals surface area contributed by atoms with Gasteiger partial charge in [0, 0.05) is 27.9 Å². The van der Waals surface area contributed by atoms with Gasteiger partial charge in [0.15, 0.2) is 0 Å². The smallest absolute Gasteiger partial charge is 0.387 e. The summed E-state index contributed by atoms with van der Waals surface area (Å²) >= 11 is 5.38. The maximum absolute atomic E-state index is 12.4. The Morgan fingerprint density at radius 2 is 2.24 bits per heavy atom. The summed E-state index contributed by atoms with van der Waals surface area (Å²) in [6.45, 7) is -0.0574. The van der Waals surface area contributed by atoms with Gasteiger partial charge >= 0.3 is 6.61 Å². The van der Waals surface area contributed by atoms with E-state index in [9.17, 15) is 8.78 Å². The summed E-state index contributed by atoms with van der Waals surface area (Å²) in [5.74, 6) is 1.40. The highest BCUT2D eigenvalue weighted by molar-refractivity contribution is 9.10. The van der Waals surface area contributed by atoms with E-state index in [4.69, 9.17) is 0 Å². The topological polar surface area (TPSA) is 21.3 Å². The van der Waals surface area contributed by atoms with Gasteiger partial charge in [-0.1, -0.05) is 22.9 Å². The fourth-order valence-electron chi connectivity index (χ4n) is 2.66. The van der Waals surface area contributed by atoms with Crippen LogP contribution in [0.25, 0.3) is 0 Å². The van der Waals surface area contributed by atoms with Crippen molar-refractivity contribution in [2.24, 2.45) is 0 Å². The normalized spacial score (nSPS) is 22.0. The van der Waals surface area contributed by atoms with Crippen LogP contribution < -0.4 is 10.1 Å². The molecule has 1 aromatic rings. The molecule has 1 aromatic carbocycles. The van der Waals surface area contributed by atoms with Crippen molar-refractivity contribution in [3.63, 3.8) is 0 Å². The van der Waals surface area contributed by atoms with Crippen molar-refractivity contribution in [3.05, 3.63) is 28.2 Å². The monoisotopic (exact) mass is 379 g/mol. The van der Waals surface area contributed by atoms with E-state index < -0.39 is 6.61 Å². The highest BCUT2D eigenvalue weighted by Gasteiger charge is 2.24. The van der Waals surface area contributed by atoms with Crippen LogP contribution in [0.3, 0.4) is 0 Å². The van der Waals surface area contributed by atoms with Gasteiger partial charge in [0.25, 0.3) is 0 Å². The zero-order valence-corrected chi connectivity index (χ0v) is 14.4.